The summed E-state index contributed by atoms with van der Waals surface area (Å²) in [5.74, 6) is -0.133. The quantitative estimate of drug-likeness (QED) is 0.583. The Balaban J connectivity index is 2.18. The molecule has 28 heavy (non-hydrogen) atoms. The van der Waals surface area contributed by atoms with Crippen molar-refractivity contribution in [2.24, 2.45) is 0 Å². The lowest BCUT2D eigenvalue weighted by molar-refractivity contribution is 0.0456. The lowest BCUT2D eigenvalue weighted by Crippen LogP contribution is -2.30. The number of ether oxygens (including phenoxy) is 2. The minimum Gasteiger partial charge on any atom is -0.495 e. The smallest absolute Gasteiger partial charge is 0.338 e. The molecule has 10 nitrogen and oxygen atoms in total. The van der Waals surface area contributed by atoms with Crippen molar-refractivity contribution in [1.29, 1.82) is 0 Å². The molecule has 0 saturated heterocycles. The Kier molecular flexibility index (Phi) is 7.46. The van der Waals surface area contributed by atoms with Crippen LogP contribution in [0, 0.1) is 0 Å². The van der Waals surface area contributed by atoms with E-state index >= 15 is 0 Å². The van der Waals surface area contributed by atoms with Gasteiger partial charge in [0.25, 0.3) is 0 Å². The van der Waals surface area contributed by atoms with Gasteiger partial charge in [0.15, 0.2) is 12.4 Å². The van der Waals surface area contributed by atoms with Crippen LogP contribution in [0.5, 0.6) is 5.75 Å². The zero-order valence-corrected chi connectivity index (χ0v) is 17.2. The third-order valence-corrected chi connectivity index (χ3v) is 5.42. The number of carbonyl (C=O) groups is 1. The van der Waals surface area contributed by atoms with Crippen molar-refractivity contribution in [3.8, 4) is 5.75 Å². The molecule has 0 atom stereocenters. The Labute approximate surface area is 164 Å². The van der Waals surface area contributed by atoms with Gasteiger partial charge in [0.05, 0.1) is 12.7 Å². The molecule has 2 rings (SSSR count). The van der Waals surface area contributed by atoms with Gasteiger partial charge in [-0.1, -0.05) is 13.3 Å². The molecule has 1 aromatic carbocycles. The summed E-state index contributed by atoms with van der Waals surface area (Å²) < 4.78 is 39.4. The first-order chi connectivity index (χ1) is 13.3. The predicted molar refractivity (Wildman–Crippen MR) is 100 cm³/mol. The maximum absolute atomic E-state index is 12.5. The van der Waals surface area contributed by atoms with Crippen LogP contribution >= 0.6 is 0 Å². The summed E-state index contributed by atoms with van der Waals surface area (Å²) in [4.78, 5) is 12.3. The van der Waals surface area contributed by atoms with E-state index in [1.807, 2.05) is 6.92 Å². The number of hydrogen-bond donors (Lipinski definition) is 1. The average molecular weight is 411 g/mol. The van der Waals surface area contributed by atoms with E-state index in [9.17, 15) is 13.2 Å². The van der Waals surface area contributed by atoms with Crippen LogP contribution in [0.4, 0.5) is 0 Å². The number of esters is 1. The molecular formula is C17H25N5O5S. The van der Waals surface area contributed by atoms with Crippen molar-refractivity contribution in [3.63, 3.8) is 0 Å². The van der Waals surface area contributed by atoms with Gasteiger partial charge in [0.1, 0.15) is 10.6 Å². The molecule has 0 aliphatic heterocycles. The fourth-order valence-electron chi connectivity index (χ4n) is 2.41. The molecule has 1 aromatic heterocycles. The van der Waals surface area contributed by atoms with E-state index in [1.54, 1.807) is 18.5 Å². The maximum Gasteiger partial charge on any atom is 0.338 e. The van der Waals surface area contributed by atoms with Gasteiger partial charge in [-0.3, -0.25) is 0 Å². The van der Waals surface area contributed by atoms with E-state index in [2.05, 4.69) is 20.2 Å². The average Bonchev–Trinajstić information content (AvgIpc) is 3.10. The van der Waals surface area contributed by atoms with Crippen molar-refractivity contribution in [3.05, 3.63) is 29.6 Å². The molecule has 11 heteroatoms. The molecule has 0 radical (unpaired) electrons. The Morgan fingerprint density at radius 2 is 2.07 bits per heavy atom. The van der Waals surface area contributed by atoms with Crippen LogP contribution in [0.3, 0.4) is 0 Å². The summed E-state index contributed by atoms with van der Waals surface area (Å²) in [7, 11) is -2.49. The summed E-state index contributed by atoms with van der Waals surface area (Å²) >= 11 is 0. The summed E-state index contributed by atoms with van der Waals surface area (Å²) in [5.41, 5.74) is 0.0810. The van der Waals surface area contributed by atoms with E-state index in [0.717, 1.165) is 12.8 Å². The molecule has 0 aliphatic rings. The summed E-state index contributed by atoms with van der Waals surface area (Å²) in [5, 5.41) is 11.3. The van der Waals surface area contributed by atoms with Crippen LogP contribution in [-0.2, 0) is 27.9 Å². The van der Waals surface area contributed by atoms with Crippen LogP contribution in [0.25, 0.3) is 0 Å². The van der Waals surface area contributed by atoms with Gasteiger partial charge in [-0.15, -0.1) is 5.10 Å². The number of aromatic nitrogens is 4. The molecular weight excluding hydrogens is 386 g/mol. The van der Waals surface area contributed by atoms with Crippen molar-refractivity contribution in [2.45, 2.75) is 57.7 Å². The molecule has 0 unspecified atom stereocenters. The zero-order valence-electron chi connectivity index (χ0n) is 16.4. The number of unbranched alkanes of at least 4 members (excludes halogenated alkanes) is 1. The standard InChI is InChI=1S/C17H25N5O5S/c1-5-6-9-22-16(18-20-21-22)11-27-17(23)13-7-8-14(26-4)15(10-13)28(24,25)19-12(2)3/h7-8,10,12,19H,5-6,9,11H2,1-4H3. The lowest BCUT2D eigenvalue weighted by atomic mass is 10.2. The van der Waals surface area contributed by atoms with Crippen LogP contribution in [-0.4, -0.2) is 47.7 Å². The third-order valence-electron chi connectivity index (χ3n) is 3.74. The number of methoxy groups -OCH3 is 1. The maximum atomic E-state index is 12.5. The Bertz CT molecular complexity index is 910. The third kappa shape index (κ3) is 5.49. The number of aryl methyl sites for hydroxylation is 1. The Hall–Kier alpha value is -2.53. The highest BCUT2D eigenvalue weighted by Crippen LogP contribution is 2.25. The molecule has 2 aromatic rings. The molecule has 0 bridgehead atoms. The fraction of sp³-hybridized carbons (Fsp3) is 0.529. The highest BCUT2D eigenvalue weighted by atomic mass is 32.2. The topological polar surface area (TPSA) is 125 Å². The second-order valence-corrected chi connectivity index (χ2v) is 8.07. The lowest BCUT2D eigenvalue weighted by Gasteiger charge is -2.14. The Morgan fingerprint density at radius 1 is 1.32 bits per heavy atom. The van der Waals surface area contributed by atoms with Crippen molar-refractivity contribution in [2.75, 3.05) is 7.11 Å². The van der Waals surface area contributed by atoms with Gasteiger partial charge in [0, 0.05) is 12.6 Å². The number of rotatable bonds is 10. The fourth-order valence-corrected chi connectivity index (χ4v) is 3.86. The summed E-state index contributed by atoms with van der Waals surface area (Å²) in [6.07, 6.45) is 1.88. The highest BCUT2D eigenvalue weighted by molar-refractivity contribution is 7.89. The highest BCUT2D eigenvalue weighted by Gasteiger charge is 2.23. The van der Waals surface area contributed by atoms with Crippen molar-refractivity contribution >= 4 is 16.0 Å². The van der Waals surface area contributed by atoms with Crippen molar-refractivity contribution in [1.82, 2.24) is 24.9 Å². The first kappa shape index (κ1) is 21.8. The van der Waals surface area contributed by atoms with Gasteiger partial charge in [-0.2, -0.15) is 0 Å². The minimum atomic E-state index is -3.85. The van der Waals surface area contributed by atoms with E-state index in [0.29, 0.717) is 12.4 Å². The molecule has 0 saturated carbocycles. The molecule has 0 spiro atoms. The molecule has 1 N–H and O–H groups in total. The number of nitrogens with one attached hydrogen (secondary N) is 1. The van der Waals surface area contributed by atoms with Gasteiger partial charge >= 0.3 is 5.97 Å². The van der Waals surface area contributed by atoms with E-state index < -0.39 is 16.0 Å². The van der Waals surface area contributed by atoms with Gasteiger partial charge in [-0.25, -0.2) is 22.6 Å². The molecule has 0 amide bonds. The van der Waals surface area contributed by atoms with Crippen LogP contribution in [0.15, 0.2) is 23.1 Å². The molecule has 0 aliphatic carbocycles. The largest absolute Gasteiger partial charge is 0.495 e. The first-order valence-corrected chi connectivity index (χ1v) is 10.4. The number of tetrazole rings is 1. The predicted octanol–water partition coefficient (Wildman–Crippen LogP) is 1.53. The first-order valence-electron chi connectivity index (χ1n) is 8.91. The monoisotopic (exact) mass is 411 g/mol. The van der Waals surface area contributed by atoms with Crippen LogP contribution in [0.2, 0.25) is 0 Å². The number of benzene rings is 1. The molecule has 1 heterocycles. The molecule has 0 fully saturated rings. The van der Waals surface area contributed by atoms with Gasteiger partial charge < -0.3 is 9.47 Å². The Morgan fingerprint density at radius 3 is 2.71 bits per heavy atom. The van der Waals surface area contributed by atoms with Gasteiger partial charge in [-0.05, 0) is 48.9 Å². The van der Waals surface area contributed by atoms with Crippen molar-refractivity contribution < 1.29 is 22.7 Å². The molecule has 154 valence electrons. The summed E-state index contributed by atoms with van der Waals surface area (Å²) in [6, 6.07) is 3.77. The second kappa shape index (κ2) is 9.60. The number of nitrogens with zero attached hydrogens (tertiary/aromatic N) is 4. The van der Waals surface area contributed by atoms with E-state index in [4.69, 9.17) is 9.47 Å². The minimum absolute atomic E-state index is 0.0810. The van der Waals surface area contributed by atoms with Crippen LogP contribution < -0.4 is 9.46 Å². The number of carbonyl (C=O) groups excluding carboxylic acids is 1. The van der Waals surface area contributed by atoms with E-state index in [1.165, 1.54) is 25.3 Å². The van der Waals surface area contributed by atoms with Crippen LogP contribution in [0.1, 0.15) is 49.8 Å². The number of hydrogen-bond acceptors (Lipinski definition) is 8. The normalized spacial score (nSPS) is 11.6. The van der Waals surface area contributed by atoms with E-state index in [-0.39, 0.29) is 28.9 Å². The number of sulfonamides is 1. The van der Waals surface area contributed by atoms with Gasteiger partial charge in [0.2, 0.25) is 10.0 Å². The SMILES string of the molecule is CCCCn1nnnc1COC(=O)c1ccc(OC)c(S(=O)(=O)NC(C)C)c1. The zero-order chi connectivity index (χ0) is 20.7. The second-order valence-electron chi connectivity index (χ2n) is 6.39. The summed E-state index contributed by atoms with van der Waals surface area (Å²) in [6.45, 7) is 5.96.